The number of nitrogens with one attached hydrogen (secondary N) is 1. The molecular formula is C16H20ClNO3. The number of hydrogen-bond donors (Lipinski definition) is 2. The Labute approximate surface area is 129 Å². The Kier molecular flexibility index (Phi) is 5.62. The Morgan fingerprint density at radius 2 is 2.05 bits per heavy atom. The van der Waals surface area contributed by atoms with Crippen molar-refractivity contribution < 1.29 is 14.7 Å². The van der Waals surface area contributed by atoms with E-state index in [1.54, 1.807) is 0 Å². The minimum absolute atomic E-state index is 0.0250. The fourth-order valence-corrected chi connectivity index (χ4v) is 3.03. The summed E-state index contributed by atoms with van der Waals surface area (Å²) >= 11 is 5.91. The van der Waals surface area contributed by atoms with Gasteiger partial charge in [0.15, 0.2) is 0 Å². The van der Waals surface area contributed by atoms with E-state index in [4.69, 9.17) is 16.7 Å². The second-order valence-corrected chi connectivity index (χ2v) is 6.01. The second-order valence-electron chi connectivity index (χ2n) is 5.57. The van der Waals surface area contributed by atoms with Crippen LogP contribution >= 0.6 is 11.6 Å². The monoisotopic (exact) mass is 309 g/mol. The molecule has 0 aromatic heterocycles. The Hall–Kier alpha value is -1.55. The highest BCUT2D eigenvalue weighted by atomic mass is 35.5. The number of carbonyl (C=O) groups excluding carboxylic acids is 1. The third-order valence-corrected chi connectivity index (χ3v) is 4.23. The van der Waals surface area contributed by atoms with Crippen LogP contribution < -0.4 is 5.32 Å². The molecule has 114 valence electrons. The fraction of sp³-hybridized carbons (Fsp3) is 0.500. The maximum absolute atomic E-state index is 12.1. The lowest BCUT2D eigenvalue weighted by atomic mass is 9.81. The summed E-state index contributed by atoms with van der Waals surface area (Å²) in [5.41, 5.74) is 1.08. The number of aliphatic carboxylic acids is 1. The van der Waals surface area contributed by atoms with Crippen molar-refractivity contribution in [3.63, 3.8) is 0 Å². The lowest BCUT2D eigenvalue weighted by Crippen LogP contribution is -2.36. The van der Waals surface area contributed by atoms with Gasteiger partial charge in [-0.3, -0.25) is 9.59 Å². The van der Waals surface area contributed by atoms with Crippen LogP contribution in [0.4, 0.5) is 0 Å². The molecule has 2 N–H and O–H groups in total. The molecule has 21 heavy (non-hydrogen) atoms. The van der Waals surface area contributed by atoms with Gasteiger partial charge in [0.05, 0.1) is 5.92 Å². The Balaban J connectivity index is 1.78. The molecule has 5 heteroatoms. The first-order chi connectivity index (χ1) is 10.1. The van der Waals surface area contributed by atoms with Gasteiger partial charge in [-0.1, -0.05) is 30.2 Å². The average Bonchev–Trinajstić information content (AvgIpc) is 2.47. The number of carboxylic acids is 1. The predicted molar refractivity (Wildman–Crippen MR) is 81.2 cm³/mol. The zero-order valence-corrected chi connectivity index (χ0v) is 12.6. The van der Waals surface area contributed by atoms with Gasteiger partial charge < -0.3 is 10.4 Å². The lowest BCUT2D eigenvalue weighted by Gasteiger charge is -2.25. The molecule has 4 nitrogen and oxygen atoms in total. The number of carbonyl (C=O) groups is 2. The molecule has 1 aliphatic rings. The van der Waals surface area contributed by atoms with E-state index < -0.39 is 5.97 Å². The molecule has 1 aromatic carbocycles. The first-order valence-corrected chi connectivity index (χ1v) is 7.69. The number of rotatable bonds is 5. The summed E-state index contributed by atoms with van der Waals surface area (Å²) in [4.78, 5) is 23.1. The quantitative estimate of drug-likeness (QED) is 0.879. The van der Waals surface area contributed by atoms with Crippen LogP contribution in [0.15, 0.2) is 24.3 Å². The zero-order chi connectivity index (χ0) is 15.2. The molecule has 1 aliphatic carbocycles. The van der Waals surface area contributed by atoms with Crippen molar-refractivity contribution in [1.29, 1.82) is 0 Å². The molecule has 2 unspecified atom stereocenters. The normalized spacial score (nSPS) is 21.8. The van der Waals surface area contributed by atoms with E-state index in [0.29, 0.717) is 24.4 Å². The van der Waals surface area contributed by atoms with Gasteiger partial charge in [0.1, 0.15) is 0 Å². The van der Waals surface area contributed by atoms with Crippen LogP contribution in [0, 0.1) is 11.8 Å². The first kappa shape index (κ1) is 15.8. The Bertz CT molecular complexity index is 518. The van der Waals surface area contributed by atoms with Crippen molar-refractivity contribution in [2.75, 3.05) is 6.54 Å². The SMILES string of the molecule is O=C(O)C1CCCC(C(=O)NCCc2cccc(Cl)c2)C1. The predicted octanol–water partition coefficient (Wildman–Crippen LogP) is 2.89. The zero-order valence-electron chi connectivity index (χ0n) is 11.8. The van der Waals surface area contributed by atoms with Gasteiger partial charge in [-0.15, -0.1) is 0 Å². The van der Waals surface area contributed by atoms with Crippen LogP contribution in [0.1, 0.15) is 31.2 Å². The van der Waals surface area contributed by atoms with Gasteiger partial charge in [-0.2, -0.15) is 0 Å². The number of halogens is 1. The van der Waals surface area contributed by atoms with Crippen LogP contribution in [-0.4, -0.2) is 23.5 Å². The molecule has 2 atom stereocenters. The highest BCUT2D eigenvalue weighted by molar-refractivity contribution is 6.30. The van der Waals surface area contributed by atoms with Gasteiger partial charge in [0.25, 0.3) is 0 Å². The molecule has 1 aromatic rings. The van der Waals surface area contributed by atoms with Gasteiger partial charge in [0.2, 0.25) is 5.91 Å². The highest BCUT2D eigenvalue weighted by Crippen LogP contribution is 2.29. The van der Waals surface area contributed by atoms with Gasteiger partial charge in [-0.05, 0) is 43.4 Å². The van der Waals surface area contributed by atoms with E-state index in [1.165, 1.54) is 0 Å². The molecule has 0 heterocycles. The van der Waals surface area contributed by atoms with Crippen LogP contribution in [-0.2, 0) is 16.0 Å². The summed E-state index contributed by atoms with van der Waals surface area (Å²) < 4.78 is 0. The third-order valence-electron chi connectivity index (χ3n) is 4.00. The van der Waals surface area contributed by atoms with E-state index in [1.807, 2.05) is 24.3 Å². The van der Waals surface area contributed by atoms with Crippen molar-refractivity contribution >= 4 is 23.5 Å². The van der Waals surface area contributed by atoms with Gasteiger partial charge >= 0.3 is 5.97 Å². The maximum atomic E-state index is 12.1. The highest BCUT2D eigenvalue weighted by Gasteiger charge is 2.30. The fourth-order valence-electron chi connectivity index (χ4n) is 2.82. The van der Waals surface area contributed by atoms with Crippen LogP contribution in [0.5, 0.6) is 0 Å². The van der Waals surface area contributed by atoms with Crippen LogP contribution in [0.2, 0.25) is 5.02 Å². The molecule has 0 bridgehead atoms. The Morgan fingerprint density at radius 1 is 1.29 bits per heavy atom. The number of hydrogen-bond acceptors (Lipinski definition) is 2. The van der Waals surface area contributed by atoms with Crippen LogP contribution in [0.3, 0.4) is 0 Å². The van der Waals surface area contributed by atoms with Crippen molar-refractivity contribution in [2.45, 2.75) is 32.1 Å². The van der Waals surface area contributed by atoms with Crippen molar-refractivity contribution in [2.24, 2.45) is 11.8 Å². The molecule has 1 amide bonds. The van der Waals surface area contributed by atoms with Crippen molar-refractivity contribution in [3.05, 3.63) is 34.9 Å². The number of amides is 1. The molecule has 0 spiro atoms. The number of benzene rings is 1. The maximum Gasteiger partial charge on any atom is 0.306 e. The molecule has 0 saturated heterocycles. The average molecular weight is 310 g/mol. The molecular weight excluding hydrogens is 290 g/mol. The van der Waals surface area contributed by atoms with E-state index in [0.717, 1.165) is 24.8 Å². The van der Waals surface area contributed by atoms with Crippen molar-refractivity contribution in [3.8, 4) is 0 Å². The van der Waals surface area contributed by atoms with Gasteiger partial charge in [-0.25, -0.2) is 0 Å². The third kappa shape index (κ3) is 4.74. The first-order valence-electron chi connectivity index (χ1n) is 7.31. The lowest BCUT2D eigenvalue weighted by molar-refractivity contribution is -0.144. The minimum atomic E-state index is -0.786. The number of carboxylic acid groups (broad SMARTS) is 1. The summed E-state index contributed by atoms with van der Waals surface area (Å²) in [5, 5.41) is 12.6. The molecule has 1 fully saturated rings. The standard InChI is InChI=1S/C16H20ClNO3/c17-14-6-1-3-11(9-14)7-8-18-15(19)12-4-2-5-13(10-12)16(20)21/h1,3,6,9,12-13H,2,4-5,7-8,10H2,(H,18,19)(H,20,21). The summed E-state index contributed by atoms with van der Waals surface area (Å²) in [5.74, 6) is -1.35. The summed E-state index contributed by atoms with van der Waals surface area (Å²) in [7, 11) is 0. The van der Waals surface area contributed by atoms with E-state index in [2.05, 4.69) is 5.32 Å². The summed E-state index contributed by atoms with van der Waals surface area (Å²) in [6, 6.07) is 7.56. The second kappa shape index (κ2) is 7.46. The van der Waals surface area contributed by atoms with E-state index in [9.17, 15) is 9.59 Å². The molecule has 0 aliphatic heterocycles. The van der Waals surface area contributed by atoms with Crippen LogP contribution in [0.25, 0.3) is 0 Å². The molecule has 2 rings (SSSR count). The molecule has 0 radical (unpaired) electrons. The van der Waals surface area contributed by atoms with E-state index in [-0.39, 0.29) is 17.7 Å². The smallest absolute Gasteiger partial charge is 0.306 e. The van der Waals surface area contributed by atoms with E-state index >= 15 is 0 Å². The molecule has 1 saturated carbocycles. The Morgan fingerprint density at radius 3 is 2.76 bits per heavy atom. The minimum Gasteiger partial charge on any atom is -0.481 e. The summed E-state index contributed by atoms with van der Waals surface area (Å²) in [6.07, 6.45) is 3.46. The largest absolute Gasteiger partial charge is 0.481 e. The van der Waals surface area contributed by atoms with Gasteiger partial charge in [0, 0.05) is 17.5 Å². The summed E-state index contributed by atoms with van der Waals surface area (Å²) in [6.45, 7) is 0.549. The topological polar surface area (TPSA) is 66.4 Å². The van der Waals surface area contributed by atoms with Crippen molar-refractivity contribution in [1.82, 2.24) is 5.32 Å².